The van der Waals surface area contributed by atoms with Crippen LogP contribution in [0.2, 0.25) is 0 Å². The van der Waals surface area contributed by atoms with Crippen LogP contribution in [0.5, 0.6) is 0 Å². The Kier molecular flexibility index (Phi) is 54.1. The number of carbonyl (C=O) groups excluding carboxylic acids is 3. The normalized spacial score (nSPS) is 12.1. The highest BCUT2D eigenvalue weighted by Crippen LogP contribution is 2.27. The van der Waals surface area contributed by atoms with Crippen LogP contribution >= 0.6 is 0 Å². The van der Waals surface area contributed by atoms with E-state index in [4.69, 9.17) is 14.2 Å². The molecule has 0 amide bonds. The van der Waals surface area contributed by atoms with Crippen LogP contribution in [0.1, 0.15) is 297 Å². The van der Waals surface area contributed by atoms with Gasteiger partial charge in [0.25, 0.3) is 0 Å². The second-order valence-corrected chi connectivity index (χ2v) is 22.2. The lowest BCUT2D eigenvalue weighted by Crippen LogP contribution is -3.00. The lowest BCUT2D eigenvalue weighted by Gasteiger charge is -2.35. The first-order valence-corrected chi connectivity index (χ1v) is 30.3. The van der Waals surface area contributed by atoms with Crippen molar-refractivity contribution >= 4 is 17.9 Å². The molecule has 0 aliphatic carbocycles. The fraction of sp³-hybridized carbons (Fsp3) is 0.857. The van der Waals surface area contributed by atoms with Crippen molar-refractivity contribution in [2.24, 2.45) is 5.41 Å². The molecule has 0 heterocycles. The first-order valence-electron chi connectivity index (χ1n) is 30.3. The van der Waals surface area contributed by atoms with Gasteiger partial charge in [-0.25, -0.2) is 0 Å². The summed E-state index contributed by atoms with van der Waals surface area (Å²) in [5, 5.41) is 0. The van der Waals surface area contributed by atoms with Gasteiger partial charge in [0, 0.05) is 25.7 Å². The Morgan fingerprint density at radius 1 is 0.338 bits per heavy atom. The number of quaternary nitrogens is 1. The fourth-order valence-electron chi connectivity index (χ4n) is 8.85. The monoisotopic (exact) mass is 1020 g/mol. The van der Waals surface area contributed by atoms with Crippen LogP contribution < -0.4 is 12.4 Å². The Hall–Kier alpha value is -2.12. The molecule has 71 heavy (non-hydrogen) atoms. The number of esters is 3. The van der Waals surface area contributed by atoms with Gasteiger partial charge in [-0.05, 0) is 96.3 Å². The maximum Gasteiger partial charge on any atom is 0.305 e. The van der Waals surface area contributed by atoms with Gasteiger partial charge in [-0.1, -0.05) is 211 Å². The van der Waals surface area contributed by atoms with Crippen molar-refractivity contribution in [3.8, 4) is 0 Å². The molecule has 0 fully saturated rings. The summed E-state index contributed by atoms with van der Waals surface area (Å²) in [4.78, 5) is 39.5. The van der Waals surface area contributed by atoms with Gasteiger partial charge in [-0.2, -0.15) is 0 Å². The molecule has 0 unspecified atom stereocenters. The van der Waals surface area contributed by atoms with E-state index < -0.39 is 5.41 Å². The average molecular weight is 1020 g/mol. The van der Waals surface area contributed by atoms with Crippen molar-refractivity contribution in [1.82, 2.24) is 0 Å². The molecular formula is C63H118ClNO6. The zero-order chi connectivity index (χ0) is 51.3. The number of rotatable bonds is 54. The van der Waals surface area contributed by atoms with Crippen molar-refractivity contribution in [2.45, 2.75) is 297 Å². The van der Waals surface area contributed by atoms with Gasteiger partial charge in [-0.3, -0.25) is 14.4 Å². The zero-order valence-corrected chi connectivity index (χ0v) is 48.7. The van der Waals surface area contributed by atoms with E-state index in [1.807, 2.05) is 0 Å². The molecule has 0 N–H and O–H groups in total. The average Bonchev–Trinajstić information content (AvgIpc) is 3.34. The van der Waals surface area contributed by atoms with Gasteiger partial charge in [-0.15, -0.1) is 0 Å². The number of ether oxygens (including phenoxy) is 3. The highest BCUT2D eigenvalue weighted by Gasteiger charge is 2.37. The topological polar surface area (TPSA) is 78.9 Å². The number of hydrogen-bond acceptors (Lipinski definition) is 6. The van der Waals surface area contributed by atoms with Crippen molar-refractivity contribution in [3.05, 3.63) is 36.5 Å². The number of unbranched alkanes of at least 4 members (excludes halogenated alkanes) is 33. The van der Waals surface area contributed by atoms with Crippen LogP contribution in [-0.4, -0.2) is 69.9 Å². The van der Waals surface area contributed by atoms with Crippen LogP contribution in [-0.2, 0) is 28.6 Å². The minimum Gasteiger partial charge on any atom is -1.00 e. The number of halogens is 1. The molecule has 0 aromatic heterocycles. The molecule has 7 nitrogen and oxygen atoms in total. The molecule has 0 bridgehead atoms. The number of nitrogens with zero attached hydrogens (tertiary/aromatic N) is 1. The molecule has 0 radical (unpaired) electrons. The van der Waals surface area contributed by atoms with Gasteiger partial charge in [0.2, 0.25) is 0 Å². The largest absolute Gasteiger partial charge is 1.00 e. The summed E-state index contributed by atoms with van der Waals surface area (Å²) in [7, 11) is 6.38. The summed E-state index contributed by atoms with van der Waals surface area (Å²) in [6.07, 6.45) is 62.9. The summed E-state index contributed by atoms with van der Waals surface area (Å²) in [5.74, 6) is -0.690. The minimum absolute atomic E-state index is 0. The smallest absolute Gasteiger partial charge is 0.305 e. The Labute approximate surface area is 447 Å². The highest BCUT2D eigenvalue weighted by molar-refractivity contribution is 5.70. The van der Waals surface area contributed by atoms with Gasteiger partial charge >= 0.3 is 17.9 Å². The van der Waals surface area contributed by atoms with Crippen LogP contribution in [0.3, 0.4) is 0 Å². The van der Waals surface area contributed by atoms with Crippen molar-refractivity contribution in [1.29, 1.82) is 0 Å². The summed E-state index contributed by atoms with van der Waals surface area (Å²) >= 11 is 0. The van der Waals surface area contributed by atoms with E-state index in [0.717, 1.165) is 83.6 Å². The van der Waals surface area contributed by atoms with E-state index in [1.165, 1.54) is 173 Å². The molecule has 0 aromatic rings. The first-order chi connectivity index (χ1) is 34.1. The Bertz CT molecular complexity index is 1120. The summed E-state index contributed by atoms with van der Waals surface area (Å²) < 4.78 is 18.7. The predicted molar refractivity (Wildman–Crippen MR) is 301 cm³/mol. The summed E-state index contributed by atoms with van der Waals surface area (Å²) in [5.41, 5.74) is -0.805. The third-order valence-electron chi connectivity index (χ3n) is 13.9. The maximum atomic E-state index is 13.2. The van der Waals surface area contributed by atoms with Crippen molar-refractivity contribution in [2.75, 3.05) is 47.5 Å². The quantitative estimate of drug-likeness (QED) is 0.0199. The van der Waals surface area contributed by atoms with E-state index in [2.05, 4.69) is 78.4 Å². The van der Waals surface area contributed by atoms with E-state index in [-0.39, 0.29) is 50.1 Å². The van der Waals surface area contributed by atoms with Crippen LogP contribution in [0, 0.1) is 5.41 Å². The van der Waals surface area contributed by atoms with Gasteiger partial charge in [0.15, 0.2) is 0 Å². The third kappa shape index (κ3) is 54.0. The zero-order valence-electron chi connectivity index (χ0n) is 48.0. The van der Waals surface area contributed by atoms with Crippen LogP contribution in [0.25, 0.3) is 0 Å². The first kappa shape index (κ1) is 71.0. The van der Waals surface area contributed by atoms with Gasteiger partial charge in [0.1, 0.15) is 19.8 Å². The molecule has 0 rings (SSSR count). The van der Waals surface area contributed by atoms with Crippen LogP contribution in [0.4, 0.5) is 0 Å². The summed E-state index contributed by atoms with van der Waals surface area (Å²) in [6.45, 7) is 7.76. The second-order valence-electron chi connectivity index (χ2n) is 22.2. The lowest BCUT2D eigenvalue weighted by molar-refractivity contribution is -0.871. The third-order valence-corrected chi connectivity index (χ3v) is 13.9. The molecule has 0 saturated carbocycles. The molecule has 0 aliphatic heterocycles. The van der Waals surface area contributed by atoms with Gasteiger partial charge < -0.3 is 31.1 Å². The van der Waals surface area contributed by atoms with E-state index in [9.17, 15) is 14.4 Å². The van der Waals surface area contributed by atoms with Crippen LogP contribution in [0.15, 0.2) is 36.5 Å². The van der Waals surface area contributed by atoms with Crippen molar-refractivity contribution in [3.63, 3.8) is 0 Å². The Morgan fingerprint density at radius 3 is 0.775 bits per heavy atom. The Morgan fingerprint density at radius 2 is 0.549 bits per heavy atom. The molecular weight excluding hydrogens is 902 g/mol. The Balaban J connectivity index is 0. The number of allylic oxidation sites excluding steroid dienone is 6. The van der Waals surface area contributed by atoms with E-state index in [1.54, 1.807) is 0 Å². The summed E-state index contributed by atoms with van der Waals surface area (Å²) in [6, 6.07) is 0. The molecule has 0 spiro atoms. The predicted octanol–water partition coefficient (Wildman–Crippen LogP) is 15.8. The standard InChI is InChI=1S/C63H118NO6.ClH/c1-7-10-13-16-19-22-25-28-31-34-37-40-43-46-49-52-60(65)68-57-63(55-56-64(4,5)6,58-69-61(66)53-50-47-44-41-38-35-32-29-26-23-20-17-14-11-8-2)59-70-62(67)54-51-48-45-42-39-36-33-30-27-24-21-18-15-12-9-3;/h28-33H,7-27,34-59H2,1-6H3;1H/q+1;/p-1/b31-28-,32-29-,33-30?;. The molecule has 0 atom stereocenters. The lowest BCUT2D eigenvalue weighted by atomic mass is 9.86. The molecule has 0 saturated heterocycles. The number of hydrogen-bond donors (Lipinski definition) is 0. The molecule has 0 aliphatic rings. The second kappa shape index (κ2) is 54.2. The van der Waals surface area contributed by atoms with Gasteiger partial charge in [0.05, 0.1) is 33.1 Å². The van der Waals surface area contributed by atoms with E-state index >= 15 is 0 Å². The molecule has 0 aromatic carbocycles. The van der Waals surface area contributed by atoms with E-state index in [0.29, 0.717) is 30.2 Å². The SMILES string of the molecule is CCCCCCCCC=CCCCCCCCC(=O)OCC(CC[N+](C)(C)C)(COC(=O)CCCCCCC/C=C\CCCCCCCC)COC(=O)CCCCCCC/C=C\CCCCCCCC.[Cl-]. The number of carbonyl (C=O) groups is 3. The fourth-order valence-corrected chi connectivity index (χ4v) is 8.85. The van der Waals surface area contributed by atoms with Crippen molar-refractivity contribution < 1.29 is 45.5 Å². The molecule has 418 valence electrons. The maximum absolute atomic E-state index is 13.2. The molecule has 8 heteroatoms. The highest BCUT2D eigenvalue weighted by atomic mass is 35.5. The minimum atomic E-state index is -0.805.